The van der Waals surface area contributed by atoms with Gasteiger partial charge in [-0.25, -0.2) is 9.97 Å². The van der Waals surface area contributed by atoms with E-state index in [2.05, 4.69) is 73.2 Å². The predicted octanol–water partition coefficient (Wildman–Crippen LogP) is 4.73. The maximum Gasteiger partial charge on any atom is 0.116 e. The fourth-order valence-corrected chi connectivity index (χ4v) is 2.49. The van der Waals surface area contributed by atoms with Crippen LogP contribution in [0.25, 0.3) is 22.2 Å². The number of fused-ring (bicyclic) bond motifs is 1. The van der Waals surface area contributed by atoms with Crippen LogP contribution >= 0.6 is 0 Å². The summed E-state index contributed by atoms with van der Waals surface area (Å²) in [5.41, 5.74) is 5.76. The van der Waals surface area contributed by atoms with E-state index in [-0.39, 0.29) is 0 Å². The second-order valence-electron chi connectivity index (χ2n) is 5.47. The lowest BCUT2D eigenvalue weighted by molar-refractivity contribution is 0.868. The SMILES string of the molecule is Cc1ccccc1-c1ncnc2cc(C(C)C)ccc12. The highest BCUT2D eigenvalue weighted by atomic mass is 14.8. The fraction of sp³-hybridized carbons (Fsp3) is 0.222. The van der Waals surface area contributed by atoms with Gasteiger partial charge in [-0.05, 0) is 30.0 Å². The summed E-state index contributed by atoms with van der Waals surface area (Å²) in [7, 11) is 0. The molecule has 0 unspecified atom stereocenters. The zero-order valence-electron chi connectivity index (χ0n) is 12.1. The minimum absolute atomic E-state index is 0.510. The van der Waals surface area contributed by atoms with Gasteiger partial charge in [0.1, 0.15) is 6.33 Å². The Hall–Kier alpha value is -2.22. The van der Waals surface area contributed by atoms with Crippen LogP contribution in [0.2, 0.25) is 0 Å². The molecule has 0 amide bonds. The first-order valence-corrected chi connectivity index (χ1v) is 6.97. The Labute approximate surface area is 119 Å². The van der Waals surface area contributed by atoms with Gasteiger partial charge in [0.05, 0.1) is 11.2 Å². The summed E-state index contributed by atoms with van der Waals surface area (Å²) in [4.78, 5) is 8.93. The van der Waals surface area contributed by atoms with Crippen molar-refractivity contribution < 1.29 is 0 Å². The minimum atomic E-state index is 0.510. The summed E-state index contributed by atoms with van der Waals surface area (Å²) in [6.07, 6.45) is 1.66. The molecular formula is C18H18N2. The number of aryl methyl sites for hydroxylation is 1. The van der Waals surface area contributed by atoms with Crippen molar-refractivity contribution in [1.82, 2.24) is 9.97 Å². The Morgan fingerprint density at radius 3 is 2.50 bits per heavy atom. The number of aromatic nitrogens is 2. The Kier molecular flexibility index (Phi) is 3.23. The fourth-order valence-electron chi connectivity index (χ4n) is 2.49. The van der Waals surface area contributed by atoms with Crippen molar-refractivity contribution in [2.75, 3.05) is 0 Å². The first-order chi connectivity index (χ1) is 9.66. The normalized spacial score (nSPS) is 11.2. The van der Waals surface area contributed by atoms with Gasteiger partial charge < -0.3 is 0 Å². The molecule has 0 aliphatic heterocycles. The molecular weight excluding hydrogens is 244 g/mol. The van der Waals surface area contributed by atoms with E-state index in [1.165, 1.54) is 16.7 Å². The molecule has 0 fully saturated rings. The van der Waals surface area contributed by atoms with E-state index in [4.69, 9.17) is 0 Å². The van der Waals surface area contributed by atoms with Crippen LogP contribution in [0.3, 0.4) is 0 Å². The maximum atomic E-state index is 4.50. The average Bonchev–Trinajstić information content (AvgIpc) is 2.46. The van der Waals surface area contributed by atoms with Gasteiger partial charge in [-0.1, -0.05) is 50.2 Å². The van der Waals surface area contributed by atoms with Crippen molar-refractivity contribution >= 4 is 10.9 Å². The number of hydrogen-bond donors (Lipinski definition) is 0. The number of hydrogen-bond acceptors (Lipinski definition) is 2. The van der Waals surface area contributed by atoms with Gasteiger partial charge in [-0.2, -0.15) is 0 Å². The summed E-state index contributed by atoms with van der Waals surface area (Å²) in [5.74, 6) is 0.510. The van der Waals surface area contributed by atoms with Crippen LogP contribution in [0.1, 0.15) is 30.9 Å². The molecule has 1 aromatic heterocycles. The van der Waals surface area contributed by atoms with E-state index in [0.29, 0.717) is 5.92 Å². The Morgan fingerprint density at radius 2 is 1.75 bits per heavy atom. The molecule has 3 rings (SSSR count). The van der Waals surface area contributed by atoms with Crippen molar-refractivity contribution in [2.45, 2.75) is 26.7 Å². The van der Waals surface area contributed by atoms with Crippen molar-refractivity contribution in [3.05, 3.63) is 59.9 Å². The monoisotopic (exact) mass is 262 g/mol. The Morgan fingerprint density at radius 1 is 0.950 bits per heavy atom. The highest BCUT2D eigenvalue weighted by molar-refractivity contribution is 5.93. The van der Waals surface area contributed by atoms with Crippen LogP contribution in [-0.2, 0) is 0 Å². The molecule has 0 bridgehead atoms. The van der Waals surface area contributed by atoms with Gasteiger partial charge in [0.15, 0.2) is 0 Å². The van der Waals surface area contributed by atoms with Crippen LogP contribution < -0.4 is 0 Å². The first kappa shape index (κ1) is 12.8. The molecule has 0 radical (unpaired) electrons. The summed E-state index contributed by atoms with van der Waals surface area (Å²) in [6.45, 7) is 6.51. The van der Waals surface area contributed by atoms with Gasteiger partial charge >= 0.3 is 0 Å². The van der Waals surface area contributed by atoms with Gasteiger partial charge in [0, 0.05) is 10.9 Å². The third kappa shape index (κ3) is 2.18. The molecule has 0 saturated heterocycles. The summed E-state index contributed by atoms with van der Waals surface area (Å²) < 4.78 is 0. The second-order valence-corrected chi connectivity index (χ2v) is 5.47. The van der Waals surface area contributed by atoms with Crippen LogP contribution in [0.15, 0.2) is 48.8 Å². The van der Waals surface area contributed by atoms with E-state index in [9.17, 15) is 0 Å². The molecule has 2 aromatic carbocycles. The van der Waals surface area contributed by atoms with Crippen LogP contribution in [-0.4, -0.2) is 9.97 Å². The summed E-state index contributed by atoms with van der Waals surface area (Å²) in [6, 6.07) is 14.8. The minimum Gasteiger partial charge on any atom is -0.236 e. The van der Waals surface area contributed by atoms with E-state index < -0.39 is 0 Å². The summed E-state index contributed by atoms with van der Waals surface area (Å²) >= 11 is 0. The molecule has 0 aliphatic rings. The summed E-state index contributed by atoms with van der Waals surface area (Å²) in [5, 5.41) is 1.12. The molecule has 20 heavy (non-hydrogen) atoms. The van der Waals surface area contributed by atoms with Crippen LogP contribution in [0.4, 0.5) is 0 Å². The van der Waals surface area contributed by atoms with Crippen molar-refractivity contribution in [1.29, 1.82) is 0 Å². The lowest BCUT2D eigenvalue weighted by Crippen LogP contribution is -1.93. The Bertz CT molecular complexity index is 760. The molecule has 2 heteroatoms. The molecule has 1 heterocycles. The molecule has 0 aliphatic carbocycles. The van der Waals surface area contributed by atoms with E-state index in [1.807, 2.05) is 0 Å². The topological polar surface area (TPSA) is 25.8 Å². The average molecular weight is 262 g/mol. The standard InChI is InChI=1S/C18H18N2/c1-12(2)14-8-9-16-17(10-14)19-11-20-18(16)15-7-5-4-6-13(15)3/h4-12H,1-3H3. The van der Waals surface area contributed by atoms with E-state index in [1.54, 1.807) is 6.33 Å². The third-order valence-electron chi connectivity index (χ3n) is 3.73. The quantitative estimate of drug-likeness (QED) is 0.667. The highest BCUT2D eigenvalue weighted by Crippen LogP contribution is 2.29. The van der Waals surface area contributed by atoms with Gasteiger partial charge in [-0.3, -0.25) is 0 Å². The molecule has 2 nitrogen and oxygen atoms in total. The van der Waals surface area contributed by atoms with Crippen LogP contribution in [0.5, 0.6) is 0 Å². The second kappa shape index (κ2) is 5.04. The molecule has 0 atom stereocenters. The Balaban J connectivity index is 2.25. The predicted molar refractivity (Wildman–Crippen MR) is 83.8 cm³/mol. The van der Waals surface area contributed by atoms with Gasteiger partial charge in [-0.15, -0.1) is 0 Å². The maximum absolute atomic E-state index is 4.50. The van der Waals surface area contributed by atoms with E-state index >= 15 is 0 Å². The van der Waals surface area contributed by atoms with Crippen LogP contribution in [0, 0.1) is 6.92 Å². The van der Waals surface area contributed by atoms with Gasteiger partial charge in [0.25, 0.3) is 0 Å². The van der Waals surface area contributed by atoms with E-state index in [0.717, 1.165) is 16.6 Å². The first-order valence-electron chi connectivity index (χ1n) is 6.97. The number of nitrogens with zero attached hydrogens (tertiary/aromatic N) is 2. The van der Waals surface area contributed by atoms with Crippen molar-refractivity contribution in [3.63, 3.8) is 0 Å². The lowest BCUT2D eigenvalue weighted by atomic mass is 9.98. The smallest absolute Gasteiger partial charge is 0.116 e. The van der Waals surface area contributed by atoms with Crippen molar-refractivity contribution in [3.8, 4) is 11.3 Å². The molecule has 0 saturated carbocycles. The largest absolute Gasteiger partial charge is 0.236 e. The number of benzene rings is 2. The van der Waals surface area contributed by atoms with Gasteiger partial charge in [0.2, 0.25) is 0 Å². The van der Waals surface area contributed by atoms with Crippen molar-refractivity contribution in [2.24, 2.45) is 0 Å². The molecule has 3 aromatic rings. The molecule has 100 valence electrons. The zero-order chi connectivity index (χ0) is 14.1. The number of rotatable bonds is 2. The highest BCUT2D eigenvalue weighted by Gasteiger charge is 2.09. The molecule has 0 N–H and O–H groups in total. The molecule has 0 spiro atoms. The zero-order valence-corrected chi connectivity index (χ0v) is 12.1. The third-order valence-corrected chi connectivity index (χ3v) is 3.73. The lowest BCUT2D eigenvalue weighted by Gasteiger charge is -2.10.